The van der Waals surface area contributed by atoms with Crippen LogP contribution in [0.4, 0.5) is 11.9 Å². The Kier molecular flexibility index (Phi) is 11.5. The number of aromatic nitrogens is 7. The second-order valence-electron chi connectivity index (χ2n) is 12.4. The van der Waals surface area contributed by atoms with Gasteiger partial charge in [-0.25, -0.2) is 24.9 Å². The van der Waals surface area contributed by atoms with Gasteiger partial charge in [0.1, 0.15) is 16.8 Å². The van der Waals surface area contributed by atoms with Gasteiger partial charge >= 0.3 is 0 Å². The average molecular weight is 772 g/mol. The van der Waals surface area contributed by atoms with E-state index in [2.05, 4.69) is 30.6 Å². The molecule has 0 bridgehead atoms. The highest BCUT2D eigenvalue weighted by molar-refractivity contribution is 7.11. The number of aryl methyl sites for hydroxylation is 4. The standard InChI is InChI=1S/C36H41N11O7S/c1-5-22-28(54-18(3)40-22)33(51)44-36-43-25-15-21(31(38)50)17-39-32(25)47(36)11-8-7-10-46-27-24(14-20(30(37)49)16-26(27)53-13-9-12-48)42-35(46)45-34(52)29-23(6-2)41-19(4)55-29/h7-8,14-17,34,48,52H,5-6,9-13H2,1-4H3,(H2,37,49)(H2,38,50)(H,42,45)(H,43,44,51)/b8-7+. The van der Waals surface area contributed by atoms with Crippen molar-refractivity contribution in [2.45, 2.75) is 66.3 Å². The van der Waals surface area contributed by atoms with Crippen molar-refractivity contribution in [2.75, 3.05) is 23.8 Å². The number of anilines is 2. The Hall–Kier alpha value is -6.18. The summed E-state index contributed by atoms with van der Waals surface area (Å²) in [5.41, 5.74) is 14.3. The summed E-state index contributed by atoms with van der Waals surface area (Å²) in [6.07, 6.45) is 5.25. The van der Waals surface area contributed by atoms with Crippen LogP contribution in [0.15, 0.2) is 41.0 Å². The van der Waals surface area contributed by atoms with Gasteiger partial charge in [0.2, 0.25) is 29.5 Å². The summed E-state index contributed by atoms with van der Waals surface area (Å²) in [7, 11) is 0. The molecule has 18 nitrogen and oxygen atoms in total. The Morgan fingerprint density at radius 2 is 1.64 bits per heavy atom. The van der Waals surface area contributed by atoms with Gasteiger partial charge in [0.05, 0.1) is 39.0 Å². The van der Waals surface area contributed by atoms with Crippen LogP contribution >= 0.6 is 11.3 Å². The number of oxazole rings is 1. The van der Waals surface area contributed by atoms with Crippen LogP contribution in [0, 0.1) is 13.8 Å². The first-order valence-electron chi connectivity index (χ1n) is 17.5. The number of amides is 3. The molecule has 0 saturated carbocycles. The van der Waals surface area contributed by atoms with E-state index in [0.29, 0.717) is 63.7 Å². The molecule has 5 heterocycles. The van der Waals surface area contributed by atoms with Crippen molar-refractivity contribution in [3.05, 3.63) is 80.6 Å². The molecule has 5 aromatic heterocycles. The van der Waals surface area contributed by atoms with Gasteiger partial charge in [-0.1, -0.05) is 26.0 Å². The van der Waals surface area contributed by atoms with Crippen molar-refractivity contribution < 1.29 is 33.8 Å². The molecule has 19 heteroatoms. The molecular formula is C36H41N11O7S. The predicted molar refractivity (Wildman–Crippen MR) is 204 cm³/mol. The fourth-order valence-corrected chi connectivity index (χ4v) is 6.93. The Morgan fingerprint density at radius 3 is 2.33 bits per heavy atom. The van der Waals surface area contributed by atoms with E-state index < -0.39 is 23.9 Å². The zero-order valence-electron chi connectivity index (χ0n) is 30.6. The van der Waals surface area contributed by atoms with Gasteiger partial charge in [-0.2, -0.15) is 0 Å². The van der Waals surface area contributed by atoms with Crippen LogP contribution in [-0.4, -0.2) is 75.2 Å². The number of thiazole rings is 1. The second-order valence-corrected chi connectivity index (χ2v) is 13.6. The van der Waals surface area contributed by atoms with Gasteiger partial charge in [-0.15, -0.1) is 11.3 Å². The molecule has 3 amide bonds. The molecule has 0 aliphatic heterocycles. The lowest BCUT2D eigenvalue weighted by atomic mass is 10.1. The molecule has 6 rings (SSSR count). The van der Waals surface area contributed by atoms with Gasteiger partial charge in [0.25, 0.3) is 5.91 Å². The number of primary amides is 2. The number of aliphatic hydroxyl groups excluding tert-OH is 2. The number of aliphatic hydroxyl groups is 2. The van der Waals surface area contributed by atoms with E-state index in [1.165, 1.54) is 29.7 Å². The van der Waals surface area contributed by atoms with Crippen LogP contribution in [0.5, 0.6) is 5.75 Å². The lowest BCUT2D eigenvalue weighted by Gasteiger charge is -2.16. The number of rotatable bonds is 17. The maximum Gasteiger partial charge on any atom is 0.295 e. The van der Waals surface area contributed by atoms with Gasteiger partial charge in [-0.3, -0.25) is 24.3 Å². The van der Waals surface area contributed by atoms with Crippen LogP contribution < -0.4 is 26.8 Å². The minimum atomic E-state index is -1.16. The lowest BCUT2D eigenvalue weighted by molar-refractivity contribution is 0.0987. The number of imidazole rings is 2. The van der Waals surface area contributed by atoms with Crippen LogP contribution in [0.3, 0.4) is 0 Å². The van der Waals surface area contributed by atoms with Crippen molar-refractivity contribution in [3.63, 3.8) is 0 Å². The zero-order valence-corrected chi connectivity index (χ0v) is 31.4. The third-order valence-corrected chi connectivity index (χ3v) is 9.58. The number of allylic oxidation sites excluding steroid dienone is 2. The van der Waals surface area contributed by atoms with E-state index in [1.54, 1.807) is 22.1 Å². The Morgan fingerprint density at radius 1 is 0.945 bits per heavy atom. The normalized spacial score (nSPS) is 12.2. The van der Waals surface area contributed by atoms with Crippen LogP contribution in [0.1, 0.15) is 84.9 Å². The number of nitrogens with one attached hydrogen (secondary N) is 2. The number of fused-ring (bicyclic) bond motifs is 2. The van der Waals surface area contributed by atoms with E-state index in [4.69, 9.17) is 25.6 Å². The minimum Gasteiger partial charge on any atom is -0.491 e. The molecular weight excluding hydrogens is 731 g/mol. The van der Waals surface area contributed by atoms with Crippen molar-refractivity contribution in [2.24, 2.45) is 11.5 Å². The van der Waals surface area contributed by atoms with Crippen LogP contribution in [0.25, 0.3) is 22.2 Å². The highest BCUT2D eigenvalue weighted by Gasteiger charge is 2.24. The SMILES string of the molecule is CCc1nc(C)oc1C(=O)Nc1nc2cc(C(N)=O)cnc2n1C/C=C/Cn1c(NC(O)c2sc(C)nc2CC)nc2cc(C(N)=O)cc(OCCCO)c21. The summed E-state index contributed by atoms with van der Waals surface area (Å²) in [6.45, 7) is 7.73. The number of nitrogens with zero attached hydrogens (tertiary/aromatic N) is 7. The van der Waals surface area contributed by atoms with Crippen molar-refractivity contribution >= 4 is 63.2 Å². The summed E-state index contributed by atoms with van der Waals surface area (Å²) in [5.74, 6) is -0.796. The second kappa shape index (κ2) is 16.5. The first kappa shape index (κ1) is 38.5. The average Bonchev–Trinajstić information content (AvgIpc) is 3.92. The number of pyridine rings is 1. The number of nitrogens with two attached hydrogens (primary N) is 2. The molecule has 1 atom stereocenters. The summed E-state index contributed by atoms with van der Waals surface area (Å²) >= 11 is 1.37. The summed E-state index contributed by atoms with van der Waals surface area (Å²) in [5, 5.41) is 27.5. The van der Waals surface area contributed by atoms with E-state index in [9.17, 15) is 24.6 Å². The minimum absolute atomic E-state index is 0.0604. The number of benzene rings is 1. The molecule has 55 heavy (non-hydrogen) atoms. The molecule has 1 unspecified atom stereocenters. The van der Waals surface area contributed by atoms with Crippen molar-refractivity contribution in [1.82, 2.24) is 34.1 Å². The number of carbonyl (C=O) groups is 3. The third kappa shape index (κ3) is 8.17. The molecule has 0 saturated heterocycles. The van der Waals surface area contributed by atoms with Gasteiger partial charge in [0, 0.05) is 44.8 Å². The third-order valence-electron chi connectivity index (χ3n) is 8.52. The lowest BCUT2D eigenvalue weighted by Crippen LogP contribution is -2.17. The molecule has 0 aliphatic rings. The zero-order chi connectivity index (χ0) is 39.4. The highest BCUT2D eigenvalue weighted by atomic mass is 32.1. The number of ether oxygens (including phenoxy) is 1. The molecule has 288 valence electrons. The van der Waals surface area contributed by atoms with E-state index in [0.717, 1.165) is 10.7 Å². The molecule has 0 radical (unpaired) electrons. The van der Waals surface area contributed by atoms with Gasteiger partial charge in [-0.05, 0) is 38.0 Å². The van der Waals surface area contributed by atoms with E-state index in [1.807, 2.05) is 32.9 Å². The topological polar surface area (TPSA) is 264 Å². The Bertz CT molecular complexity index is 2430. The summed E-state index contributed by atoms with van der Waals surface area (Å²) < 4.78 is 15.0. The molecule has 8 N–H and O–H groups in total. The Labute approximate surface area is 318 Å². The quantitative estimate of drug-likeness (QED) is 0.0441. The number of hydrogen-bond donors (Lipinski definition) is 6. The monoisotopic (exact) mass is 771 g/mol. The molecule has 0 fully saturated rings. The van der Waals surface area contributed by atoms with Gasteiger partial charge < -0.3 is 40.7 Å². The van der Waals surface area contributed by atoms with Crippen molar-refractivity contribution in [3.8, 4) is 5.75 Å². The highest BCUT2D eigenvalue weighted by Crippen LogP contribution is 2.34. The first-order valence-corrected chi connectivity index (χ1v) is 18.3. The molecule has 0 aliphatic carbocycles. The van der Waals surface area contributed by atoms with Crippen molar-refractivity contribution in [1.29, 1.82) is 0 Å². The maximum absolute atomic E-state index is 13.4. The van der Waals surface area contributed by atoms with Crippen LogP contribution in [0.2, 0.25) is 0 Å². The Balaban J connectivity index is 1.37. The van der Waals surface area contributed by atoms with E-state index in [-0.39, 0.29) is 55.1 Å². The predicted octanol–water partition coefficient (Wildman–Crippen LogP) is 3.54. The first-order chi connectivity index (χ1) is 26.4. The van der Waals surface area contributed by atoms with E-state index >= 15 is 0 Å². The molecule has 1 aromatic carbocycles. The number of hydrogen-bond acceptors (Lipinski definition) is 14. The van der Waals surface area contributed by atoms with Crippen LogP contribution in [-0.2, 0) is 25.9 Å². The fourth-order valence-electron chi connectivity index (χ4n) is 5.98. The number of carbonyl (C=O) groups excluding carboxylic acids is 3. The largest absolute Gasteiger partial charge is 0.491 e. The fraction of sp³-hybridized carbons (Fsp3) is 0.333. The van der Waals surface area contributed by atoms with Gasteiger partial charge in [0.15, 0.2) is 17.8 Å². The summed E-state index contributed by atoms with van der Waals surface area (Å²) in [6, 6.07) is 4.55. The smallest absolute Gasteiger partial charge is 0.295 e. The molecule has 0 spiro atoms. The maximum atomic E-state index is 13.4. The molecule has 6 aromatic rings. The summed E-state index contributed by atoms with van der Waals surface area (Å²) in [4.78, 5) is 60.7.